The minimum atomic E-state index is -0.534. The van der Waals surface area contributed by atoms with Gasteiger partial charge >= 0.3 is 0 Å². The summed E-state index contributed by atoms with van der Waals surface area (Å²) in [6.07, 6.45) is 1.72. The summed E-state index contributed by atoms with van der Waals surface area (Å²) < 4.78 is 13.8. The van der Waals surface area contributed by atoms with E-state index in [2.05, 4.69) is 10.6 Å². The molecule has 2 N–H and O–H groups in total. The van der Waals surface area contributed by atoms with Crippen LogP contribution in [0.3, 0.4) is 0 Å². The molecule has 2 rings (SSSR count). The molecule has 6 heteroatoms. The number of nitrogens with one attached hydrogen (secondary N) is 2. The molecule has 2 amide bonds. The van der Waals surface area contributed by atoms with Gasteiger partial charge in [-0.15, -0.1) is 0 Å². The number of hydrogen-bond donors (Lipinski definition) is 2. The summed E-state index contributed by atoms with van der Waals surface area (Å²) in [6.45, 7) is 2.61. The molecule has 0 heterocycles. The summed E-state index contributed by atoms with van der Waals surface area (Å²) in [5, 5.41) is 5.76. The van der Waals surface area contributed by atoms with E-state index >= 15 is 0 Å². The van der Waals surface area contributed by atoms with Crippen molar-refractivity contribution in [3.8, 4) is 0 Å². The number of carbonyl (C=O) groups excluding carboxylic acids is 2. The van der Waals surface area contributed by atoms with E-state index in [1.807, 2.05) is 6.92 Å². The molecule has 0 aliphatic heterocycles. The van der Waals surface area contributed by atoms with Gasteiger partial charge in [0.25, 0.3) is 5.91 Å². The van der Waals surface area contributed by atoms with Crippen molar-refractivity contribution in [1.29, 1.82) is 0 Å². The number of carbonyl (C=O) groups is 2. The van der Waals surface area contributed by atoms with E-state index in [1.165, 1.54) is 18.2 Å². The van der Waals surface area contributed by atoms with Crippen LogP contribution in [-0.2, 0) is 11.2 Å². The fraction of sp³-hybridized carbons (Fsp3) is 0.263. The second-order valence-corrected chi connectivity index (χ2v) is 6.05. The third-order valence-corrected chi connectivity index (χ3v) is 3.86. The number of anilines is 1. The summed E-state index contributed by atoms with van der Waals surface area (Å²) in [6, 6.07) is 10.9. The normalized spacial score (nSPS) is 10.4. The van der Waals surface area contributed by atoms with E-state index in [-0.39, 0.29) is 22.9 Å². The van der Waals surface area contributed by atoms with Crippen LogP contribution in [0.4, 0.5) is 10.1 Å². The predicted octanol–water partition coefficient (Wildman–Crippen LogP) is 4.19. The maximum absolute atomic E-state index is 13.8. The van der Waals surface area contributed by atoms with Crippen molar-refractivity contribution in [2.75, 3.05) is 11.9 Å². The first kappa shape index (κ1) is 18.9. The molecule has 0 aliphatic rings. The molecule has 4 nitrogen and oxygen atoms in total. The molecule has 25 heavy (non-hydrogen) atoms. The van der Waals surface area contributed by atoms with Gasteiger partial charge in [-0.3, -0.25) is 9.59 Å². The molecule has 0 unspecified atom stereocenters. The highest BCUT2D eigenvalue weighted by molar-refractivity contribution is 6.30. The number of amides is 2. The van der Waals surface area contributed by atoms with E-state index in [0.717, 1.165) is 12.8 Å². The van der Waals surface area contributed by atoms with Gasteiger partial charge < -0.3 is 10.6 Å². The molecule has 2 aromatic carbocycles. The van der Waals surface area contributed by atoms with E-state index in [0.29, 0.717) is 17.8 Å². The van der Waals surface area contributed by atoms with Crippen LogP contribution in [0.1, 0.15) is 35.7 Å². The molecule has 0 saturated heterocycles. The second-order valence-electron chi connectivity index (χ2n) is 5.62. The Balaban J connectivity index is 2.06. The van der Waals surface area contributed by atoms with Gasteiger partial charge in [-0.2, -0.15) is 0 Å². The quantitative estimate of drug-likeness (QED) is 0.725. The minimum absolute atomic E-state index is 0.144. The summed E-state index contributed by atoms with van der Waals surface area (Å²) in [5.74, 6) is -1.19. The molecule has 0 aromatic heterocycles. The van der Waals surface area contributed by atoms with Crippen LogP contribution in [0, 0.1) is 5.82 Å². The third kappa shape index (κ3) is 5.57. The zero-order chi connectivity index (χ0) is 18.2. The van der Waals surface area contributed by atoms with Crippen molar-refractivity contribution >= 4 is 29.1 Å². The first-order chi connectivity index (χ1) is 12.0. The summed E-state index contributed by atoms with van der Waals surface area (Å²) in [4.78, 5) is 24.4. The van der Waals surface area contributed by atoms with E-state index < -0.39 is 11.7 Å². The molecule has 0 radical (unpaired) electrons. The number of para-hydroxylation sites is 1. The van der Waals surface area contributed by atoms with Crippen molar-refractivity contribution in [2.45, 2.75) is 26.2 Å². The van der Waals surface area contributed by atoms with Crippen LogP contribution < -0.4 is 10.6 Å². The van der Waals surface area contributed by atoms with Gasteiger partial charge in [0.2, 0.25) is 5.91 Å². The standard InChI is InChI=1S/C19H20ClFN2O2/c1-2-3-10-22-19(25)15-6-4-5-7-17(15)23-18(24)11-13-8-9-14(20)12-16(13)21/h4-9,12H,2-3,10-11H2,1H3,(H,22,25)(H,23,24). The Labute approximate surface area is 151 Å². The SMILES string of the molecule is CCCCNC(=O)c1ccccc1NC(=O)Cc1ccc(Cl)cc1F. The summed E-state index contributed by atoms with van der Waals surface area (Å²) >= 11 is 5.71. The molecule has 0 bridgehead atoms. The number of benzene rings is 2. The molecule has 0 aliphatic carbocycles. The van der Waals surface area contributed by atoms with Gasteiger partial charge in [0, 0.05) is 11.6 Å². The highest BCUT2D eigenvalue weighted by Crippen LogP contribution is 2.18. The summed E-state index contributed by atoms with van der Waals surface area (Å²) in [5.41, 5.74) is 1.02. The molecule has 132 valence electrons. The lowest BCUT2D eigenvalue weighted by atomic mass is 10.1. The number of unbranched alkanes of at least 4 members (excludes halogenated alkanes) is 1. The first-order valence-electron chi connectivity index (χ1n) is 8.12. The highest BCUT2D eigenvalue weighted by atomic mass is 35.5. The molecule has 2 aromatic rings. The lowest BCUT2D eigenvalue weighted by Crippen LogP contribution is -2.26. The molecule has 0 fully saturated rings. The lowest BCUT2D eigenvalue weighted by Gasteiger charge is -2.11. The third-order valence-electron chi connectivity index (χ3n) is 3.63. The fourth-order valence-electron chi connectivity index (χ4n) is 2.30. The average Bonchev–Trinajstić information content (AvgIpc) is 2.58. The van der Waals surface area contributed by atoms with Crippen molar-refractivity contribution in [2.24, 2.45) is 0 Å². The first-order valence-corrected chi connectivity index (χ1v) is 8.50. The highest BCUT2D eigenvalue weighted by Gasteiger charge is 2.14. The smallest absolute Gasteiger partial charge is 0.253 e. The Morgan fingerprint density at radius 3 is 2.64 bits per heavy atom. The van der Waals surface area contributed by atoms with E-state index in [1.54, 1.807) is 24.3 Å². The maximum Gasteiger partial charge on any atom is 0.253 e. The van der Waals surface area contributed by atoms with Gasteiger partial charge in [0.15, 0.2) is 0 Å². The van der Waals surface area contributed by atoms with Gasteiger partial charge in [0.1, 0.15) is 5.82 Å². The topological polar surface area (TPSA) is 58.2 Å². The largest absolute Gasteiger partial charge is 0.352 e. The van der Waals surface area contributed by atoms with Gasteiger partial charge in [0.05, 0.1) is 17.7 Å². The molecule has 0 atom stereocenters. The van der Waals surface area contributed by atoms with E-state index in [4.69, 9.17) is 11.6 Å². The van der Waals surface area contributed by atoms with Crippen LogP contribution in [0.5, 0.6) is 0 Å². The van der Waals surface area contributed by atoms with Gasteiger partial charge in [-0.05, 0) is 36.2 Å². The van der Waals surface area contributed by atoms with Crippen LogP contribution in [0.2, 0.25) is 5.02 Å². The van der Waals surface area contributed by atoms with Gasteiger partial charge in [-0.1, -0.05) is 43.1 Å². The Hall–Kier alpha value is -2.40. The monoisotopic (exact) mass is 362 g/mol. The Morgan fingerprint density at radius 1 is 1.16 bits per heavy atom. The number of hydrogen-bond acceptors (Lipinski definition) is 2. The van der Waals surface area contributed by atoms with Crippen molar-refractivity contribution < 1.29 is 14.0 Å². The van der Waals surface area contributed by atoms with E-state index in [9.17, 15) is 14.0 Å². The van der Waals surface area contributed by atoms with Crippen molar-refractivity contribution in [3.63, 3.8) is 0 Å². The maximum atomic E-state index is 13.8. The Kier molecular flexibility index (Phi) is 6.95. The minimum Gasteiger partial charge on any atom is -0.352 e. The number of rotatable bonds is 7. The average molecular weight is 363 g/mol. The molecule has 0 saturated carbocycles. The van der Waals surface area contributed by atoms with Gasteiger partial charge in [-0.25, -0.2) is 4.39 Å². The summed E-state index contributed by atoms with van der Waals surface area (Å²) in [7, 11) is 0. The zero-order valence-corrected chi connectivity index (χ0v) is 14.7. The number of halogens is 2. The van der Waals surface area contributed by atoms with Crippen molar-refractivity contribution in [3.05, 3.63) is 64.4 Å². The lowest BCUT2D eigenvalue weighted by molar-refractivity contribution is -0.115. The van der Waals surface area contributed by atoms with Crippen LogP contribution in [0.25, 0.3) is 0 Å². The van der Waals surface area contributed by atoms with Crippen molar-refractivity contribution in [1.82, 2.24) is 5.32 Å². The Morgan fingerprint density at radius 2 is 1.92 bits per heavy atom. The molecule has 0 spiro atoms. The predicted molar refractivity (Wildman–Crippen MR) is 97.4 cm³/mol. The zero-order valence-electron chi connectivity index (χ0n) is 13.9. The second kappa shape index (κ2) is 9.18. The molecular formula is C19H20ClFN2O2. The van der Waals surface area contributed by atoms with Crippen LogP contribution >= 0.6 is 11.6 Å². The van der Waals surface area contributed by atoms with Crippen LogP contribution in [0.15, 0.2) is 42.5 Å². The van der Waals surface area contributed by atoms with Crippen LogP contribution in [-0.4, -0.2) is 18.4 Å². The Bertz CT molecular complexity index is 765. The molecular weight excluding hydrogens is 343 g/mol. The fourth-order valence-corrected chi connectivity index (χ4v) is 2.46.